The van der Waals surface area contributed by atoms with Gasteiger partial charge in [0.15, 0.2) is 0 Å². The first-order chi connectivity index (χ1) is 14.2. The number of carbonyl (C=O) groups is 2. The predicted octanol–water partition coefficient (Wildman–Crippen LogP) is 5.34. The van der Waals surface area contributed by atoms with Crippen molar-refractivity contribution in [3.05, 3.63) is 54.4 Å². The van der Waals surface area contributed by atoms with Crippen LogP contribution >= 0.6 is 11.3 Å². The molecule has 0 saturated carbocycles. The highest BCUT2D eigenvalue weighted by Crippen LogP contribution is 2.38. The fraction of sp³-hybridized carbons (Fsp3) is 0.261. The maximum Gasteiger partial charge on any atom is 0.412 e. The summed E-state index contributed by atoms with van der Waals surface area (Å²) in [7, 11) is 1.81. The van der Waals surface area contributed by atoms with Crippen molar-refractivity contribution in [2.24, 2.45) is 0 Å². The molecular formula is C23H23N3O3S. The highest BCUT2D eigenvalue weighted by atomic mass is 32.1. The summed E-state index contributed by atoms with van der Waals surface area (Å²) < 4.78 is 5.30. The average molecular weight is 422 g/mol. The maximum absolute atomic E-state index is 12.0. The monoisotopic (exact) mass is 421 g/mol. The molecule has 3 aromatic rings. The van der Waals surface area contributed by atoms with E-state index in [0.29, 0.717) is 12.1 Å². The lowest BCUT2D eigenvalue weighted by atomic mass is 10.1. The van der Waals surface area contributed by atoms with E-state index in [-0.39, 0.29) is 5.91 Å². The van der Waals surface area contributed by atoms with Crippen LogP contribution in [0.1, 0.15) is 26.3 Å². The number of ether oxygens (including phenoxy) is 1. The van der Waals surface area contributed by atoms with Crippen molar-refractivity contribution < 1.29 is 14.3 Å². The van der Waals surface area contributed by atoms with E-state index in [0.717, 1.165) is 32.1 Å². The normalized spacial score (nSPS) is 13.3. The van der Waals surface area contributed by atoms with Crippen LogP contribution in [0.5, 0.6) is 0 Å². The van der Waals surface area contributed by atoms with E-state index >= 15 is 0 Å². The van der Waals surface area contributed by atoms with E-state index in [4.69, 9.17) is 4.74 Å². The zero-order chi connectivity index (χ0) is 21.5. The predicted molar refractivity (Wildman–Crippen MR) is 120 cm³/mol. The van der Waals surface area contributed by atoms with Crippen molar-refractivity contribution in [1.29, 1.82) is 0 Å². The van der Waals surface area contributed by atoms with E-state index in [2.05, 4.69) is 22.4 Å². The minimum atomic E-state index is -0.562. The number of anilines is 2. The van der Waals surface area contributed by atoms with Crippen molar-refractivity contribution in [3.8, 4) is 20.9 Å². The lowest BCUT2D eigenvalue weighted by Gasteiger charge is -2.19. The minimum Gasteiger partial charge on any atom is -0.444 e. The lowest BCUT2D eigenvalue weighted by molar-refractivity contribution is -0.117. The third-order valence-electron chi connectivity index (χ3n) is 4.72. The van der Waals surface area contributed by atoms with Crippen molar-refractivity contribution in [2.75, 3.05) is 17.3 Å². The van der Waals surface area contributed by atoms with Gasteiger partial charge in [0.05, 0.1) is 18.3 Å². The Hall–Kier alpha value is -3.19. The second kappa shape index (κ2) is 7.57. The summed E-state index contributed by atoms with van der Waals surface area (Å²) in [5.41, 5.74) is 4.05. The Morgan fingerprint density at radius 3 is 2.57 bits per heavy atom. The smallest absolute Gasteiger partial charge is 0.412 e. The molecule has 154 valence electrons. The Labute approximate surface area is 179 Å². The Morgan fingerprint density at radius 2 is 1.83 bits per heavy atom. The molecule has 1 aliphatic heterocycles. The number of nitrogens with zero attached hydrogens (tertiary/aromatic N) is 2. The number of pyridine rings is 1. The molecule has 1 aliphatic rings. The van der Waals surface area contributed by atoms with Crippen LogP contribution in [-0.4, -0.2) is 29.6 Å². The first kappa shape index (κ1) is 20.1. The first-order valence-electron chi connectivity index (χ1n) is 9.65. The summed E-state index contributed by atoms with van der Waals surface area (Å²) in [6.45, 7) is 5.46. The molecule has 6 nitrogen and oxygen atoms in total. The fourth-order valence-corrected chi connectivity index (χ4v) is 4.32. The van der Waals surface area contributed by atoms with Gasteiger partial charge in [0.25, 0.3) is 0 Å². The lowest BCUT2D eigenvalue weighted by Crippen LogP contribution is -2.27. The van der Waals surface area contributed by atoms with Crippen LogP contribution in [0.25, 0.3) is 20.9 Å². The number of nitrogens with one attached hydrogen (secondary N) is 1. The molecule has 1 N–H and O–H groups in total. The first-order valence-corrected chi connectivity index (χ1v) is 10.5. The zero-order valence-corrected chi connectivity index (χ0v) is 18.2. The van der Waals surface area contributed by atoms with Crippen molar-refractivity contribution in [2.45, 2.75) is 32.8 Å². The standard InChI is InChI=1S/C23H23N3O3S/c1-23(2,3)29-22(28)25-17-10-16(12-24-13-17)20-8-7-19(30-20)14-5-6-18-15(9-14)11-21(27)26(18)4/h5-10,12-13H,11H2,1-4H3,(H,25,28). The highest BCUT2D eigenvalue weighted by Gasteiger charge is 2.24. The molecule has 1 aromatic carbocycles. The molecule has 0 spiro atoms. The molecule has 2 amide bonds. The van der Waals surface area contributed by atoms with Gasteiger partial charge in [-0.25, -0.2) is 4.79 Å². The molecule has 0 unspecified atom stereocenters. The second-order valence-electron chi connectivity index (χ2n) is 8.23. The molecule has 30 heavy (non-hydrogen) atoms. The number of fused-ring (bicyclic) bond motifs is 1. The third-order valence-corrected chi connectivity index (χ3v) is 5.90. The minimum absolute atomic E-state index is 0.120. The Kier molecular flexibility index (Phi) is 5.07. The average Bonchev–Trinajstić information content (AvgIpc) is 3.26. The van der Waals surface area contributed by atoms with Crippen LogP contribution in [0.4, 0.5) is 16.2 Å². The number of hydrogen-bond acceptors (Lipinski definition) is 5. The van der Waals surface area contributed by atoms with Crippen LogP contribution in [0.3, 0.4) is 0 Å². The summed E-state index contributed by atoms with van der Waals surface area (Å²) in [6, 6.07) is 12.1. The van der Waals surface area contributed by atoms with Gasteiger partial charge in [0.2, 0.25) is 5.91 Å². The largest absolute Gasteiger partial charge is 0.444 e. The number of thiophene rings is 1. The molecule has 0 atom stereocenters. The molecule has 0 bridgehead atoms. The van der Waals surface area contributed by atoms with Crippen molar-refractivity contribution >= 4 is 34.7 Å². The Bertz CT molecular complexity index is 1130. The van der Waals surface area contributed by atoms with E-state index in [9.17, 15) is 9.59 Å². The number of rotatable bonds is 3. The Morgan fingerprint density at radius 1 is 1.10 bits per heavy atom. The molecule has 0 aliphatic carbocycles. The summed E-state index contributed by atoms with van der Waals surface area (Å²) in [4.78, 5) is 32.1. The number of amides is 2. The number of carbonyl (C=O) groups excluding carboxylic acids is 2. The van der Waals surface area contributed by atoms with Crippen LogP contribution < -0.4 is 10.2 Å². The van der Waals surface area contributed by atoms with Gasteiger partial charge < -0.3 is 9.64 Å². The summed E-state index contributed by atoms with van der Waals surface area (Å²) in [6.07, 6.45) is 3.30. The van der Waals surface area contributed by atoms with E-state index in [1.54, 1.807) is 28.6 Å². The molecule has 0 saturated heterocycles. The van der Waals surface area contributed by atoms with E-state index in [1.807, 2.05) is 52.1 Å². The molecule has 0 fully saturated rings. The van der Waals surface area contributed by atoms with Gasteiger partial charge in [0.1, 0.15) is 5.60 Å². The third kappa shape index (κ3) is 4.21. The molecule has 0 radical (unpaired) electrons. The van der Waals surface area contributed by atoms with Crippen molar-refractivity contribution in [1.82, 2.24) is 4.98 Å². The van der Waals surface area contributed by atoms with Crippen LogP contribution in [0.2, 0.25) is 0 Å². The van der Waals surface area contributed by atoms with Gasteiger partial charge in [-0.15, -0.1) is 11.3 Å². The molecule has 2 aromatic heterocycles. The molecule has 3 heterocycles. The Balaban J connectivity index is 1.54. The SMILES string of the molecule is CN1C(=O)Cc2cc(-c3ccc(-c4cncc(NC(=O)OC(C)(C)C)c4)s3)ccc21. The number of hydrogen-bond donors (Lipinski definition) is 1. The summed E-state index contributed by atoms with van der Waals surface area (Å²) in [5.74, 6) is 0.120. The van der Waals surface area contributed by atoms with Gasteiger partial charge in [-0.2, -0.15) is 0 Å². The summed E-state index contributed by atoms with van der Waals surface area (Å²) in [5, 5.41) is 2.73. The second-order valence-corrected chi connectivity index (χ2v) is 9.31. The topological polar surface area (TPSA) is 71.5 Å². The van der Waals surface area contributed by atoms with E-state index < -0.39 is 11.7 Å². The number of aromatic nitrogens is 1. The van der Waals surface area contributed by atoms with Gasteiger partial charge in [0, 0.05) is 34.2 Å². The number of benzene rings is 1. The van der Waals surface area contributed by atoms with Crippen molar-refractivity contribution in [3.63, 3.8) is 0 Å². The van der Waals surface area contributed by atoms with Crippen LogP contribution in [-0.2, 0) is 16.0 Å². The highest BCUT2D eigenvalue weighted by molar-refractivity contribution is 7.18. The van der Waals surface area contributed by atoms with Crippen LogP contribution in [0.15, 0.2) is 48.8 Å². The number of likely N-dealkylation sites (N-methyl/N-ethyl adjacent to an activating group) is 1. The fourth-order valence-electron chi connectivity index (χ4n) is 3.34. The van der Waals surface area contributed by atoms with Gasteiger partial charge in [-0.05, 0) is 62.2 Å². The maximum atomic E-state index is 12.0. The van der Waals surface area contributed by atoms with Gasteiger partial charge in [-0.1, -0.05) is 6.07 Å². The quantitative estimate of drug-likeness (QED) is 0.619. The summed E-state index contributed by atoms with van der Waals surface area (Å²) >= 11 is 1.64. The molecule has 7 heteroatoms. The molecule has 4 rings (SSSR count). The van der Waals surface area contributed by atoms with E-state index in [1.165, 1.54) is 0 Å². The van der Waals surface area contributed by atoms with Crippen LogP contribution in [0, 0.1) is 0 Å². The van der Waals surface area contributed by atoms with Gasteiger partial charge >= 0.3 is 6.09 Å². The van der Waals surface area contributed by atoms with Gasteiger partial charge in [-0.3, -0.25) is 15.1 Å². The zero-order valence-electron chi connectivity index (χ0n) is 17.4. The molecular weight excluding hydrogens is 398 g/mol.